The molecule has 4 rings (SSSR count). The maximum absolute atomic E-state index is 12.6. The number of ether oxygens (including phenoxy) is 1. The summed E-state index contributed by atoms with van der Waals surface area (Å²) >= 11 is 0. The zero-order valence-electron chi connectivity index (χ0n) is 12.5. The largest absolute Gasteiger partial charge is 0.497 e. The lowest BCUT2D eigenvalue weighted by molar-refractivity contribution is 0.0880. The summed E-state index contributed by atoms with van der Waals surface area (Å²) < 4.78 is 6.46. The predicted octanol–water partition coefficient (Wildman–Crippen LogP) is 0.793. The van der Waals surface area contributed by atoms with Gasteiger partial charge in [-0.25, -0.2) is 0 Å². The van der Waals surface area contributed by atoms with Gasteiger partial charge in [-0.05, 0) is 6.07 Å². The molecule has 0 saturated carbocycles. The van der Waals surface area contributed by atoms with E-state index < -0.39 is 17.4 Å². The normalized spacial score (nSPS) is 13.2. The van der Waals surface area contributed by atoms with E-state index in [1.54, 1.807) is 24.4 Å². The highest BCUT2D eigenvalue weighted by molar-refractivity contribution is 6.23. The van der Waals surface area contributed by atoms with E-state index in [1.807, 2.05) is 0 Å². The Bertz CT molecular complexity index is 1090. The topological polar surface area (TPSA) is 119 Å². The number of nitrogens with two attached hydrogens (primary N) is 1. The molecule has 0 fully saturated rings. The molecule has 0 unspecified atom stereocenters. The molecule has 0 atom stereocenters. The number of aromatic nitrogens is 2. The monoisotopic (exact) mass is 324 g/mol. The fourth-order valence-electron chi connectivity index (χ4n) is 2.95. The number of nitrogens with zero attached hydrogens (tertiary/aromatic N) is 1. The maximum Gasteiger partial charge on any atom is 0.262 e. The molecule has 3 aromatic rings. The first-order chi connectivity index (χ1) is 11.5. The van der Waals surface area contributed by atoms with E-state index in [0.29, 0.717) is 11.4 Å². The molecule has 1 aromatic carbocycles. The van der Waals surface area contributed by atoms with Gasteiger partial charge >= 0.3 is 0 Å². The van der Waals surface area contributed by atoms with Crippen LogP contribution in [0.2, 0.25) is 0 Å². The van der Waals surface area contributed by atoms with Crippen molar-refractivity contribution in [3.63, 3.8) is 0 Å². The number of imide groups is 1. The average Bonchev–Trinajstić information content (AvgIpc) is 3.12. The Morgan fingerprint density at radius 1 is 1.12 bits per heavy atom. The van der Waals surface area contributed by atoms with Crippen molar-refractivity contribution in [1.82, 2.24) is 14.9 Å². The van der Waals surface area contributed by atoms with E-state index in [-0.39, 0.29) is 16.9 Å². The summed E-state index contributed by atoms with van der Waals surface area (Å²) in [4.78, 5) is 39.3. The van der Waals surface area contributed by atoms with Crippen LogP contribution in [0, 0.1) is 0 Å². The molecule has 2 amide bonds. The Balaban J connectivity index is 2.11. The molecule has 0 aliphatic carbocycles. The number of benzene rings is 1. The molecule has 0 saturated heterocycles. The number of hydrogen-bond donors (Lipinski definition) is 3. The molecule has 1 aliphatic heterocycles. The van der Waals surface area contributed by atoms with Crippen LogP contribution in [0.3, 0.4) is 0 Å². The number of hydrogen-bond acceptors (Lipinski definition) is 5. The number of carbonyl (C=O) groups is 2. The summed E-state index contributed by atoms with van der Waals surface area (Å²) in [5, 5.41) is 2.87. The first kappa shape index (κ1) is 14.1. The second-order valence-electron chi connectivity index (χ2n) is 5.36. The number of H-pyrrole nitrogens is 1. The zero-order chi connectivity index (χ0) is 17.0. The number of methoxy groups -OCH3 is 1. The number of nitrogens with one attached hydrogen (secondary N) is 2. The van der Waals surface area contributed by atoms with Crippen molar-refractivity contribution >= 4 is 28.5 Å². The fraction of sp³-hybridized carbons (Fsp3) is 0.0625. The summed E-state index contributed by atoms with van der Waals surface area (Å²) in [6.07, 6.45) is 1.72. The predicted molar refractivity (Wildman–Crippen MR) is 86.7 cm³/mol. The molecule has 0 bridgehead atoms. The first-order valence-electron chi connectivity index (χ1n) is 7.08. The quantitative estimate of drug-likeness (QED) is 0.602. The van der Waals surface area contributed by atoms with Crippen molar-refractivity contribution in [2.75, 3.05) is 12.8 Å². The Labute approximate surface area is 134 Å². The van der Waals surface area contributed by atoms with Gasteiger partial charge in [0.15, 0.2) is 0 Å². The van der Waals surface area contributed by atoms with Crippen LogP contribution in [0.5, 0.6) is 5.75 Å². The highest BCUT2D eigenvalue weighted by Crippen LogP contribution is 2.30. The molecule has 24 heavy (non-hydrogen) atoms. The highest BCUT2D eigenvalue weighted by Gasteiger charge is 2.32. The summed E-state index contributed by atoms with van der Waals surface area (Å²) in [7, 11) is 1.51. The van der Waals surface area contributed by atoms with Crippen LogP contribution in [0.25, 0.3) is 16.6 Å². The highest BCUT2D eigenvalue weighted by atomic mass is 16.5. The number of amides is 2. The van der Waals surface area contributed by atoms with Gasteiger partial charge in [-0.15, -0.1) is 0 Å². The van der Waals surface area contributed by atoms with E-state index in [1.165, 1.54) is 11.7 Å². The van der Waals surface area contributed by atoms with Crippen LogP contribution in [0.1, 0.15) is 20.7 Å². The lowest BCUT2D eigenvalue weighted by atomic mass is 10.1. The molecule has 0 spiro atoms. The van der Waals surface area contributed by atoms with Crippen LogP contribution >= 0.6 is 0 Å². The molecule has 0 radical (unpaired) electrons. The molecular formula is C16H12N4O4. The number of fused-ring (bicyclic) bond motifs is 2. The summed E-state index contributed by atoms with van der Waals surface area (Å²) in [5.74, 6) is -0.804. The van der Waals surface area contributed by atoms with E-state index in [4.69, 9.17) is 10.5 Å². The summed E-state index contributed by atoms with van der Waals surface area (Å²) in [6, 6.07) is 6.33. The van der Waals surface area contributed by atoms with Gasteiger partial charge in [0.1, 0.15) is 11.6 Å². The molecule has 1 aliphatic rings. The lowest BCUT2D eigenvalue weighted by Gasteiger charge is -2.14. The second kappa shape index (κ2) is 4.72. The van der Waals surface area contributed by atoms with Gasteiger partial charge in [-0.2, -0.15) is 0 Å². The van der Waals surface area contributed by atoms with Crippen LogP contribution in [-0.4, -0.2) is 28.5 Å². The Hall–Kier alpha value is -3.55. The van der Waals surface area contributed by atoms with Crippen molar-refractivity contribution in [1.29, 1.82) is 0 Å². The minimum atomic E-state index is -0.622. The third-order valence-corrected chi connectivity index (χ3v) is 4.05. The molecular weight excluding hydrogens is 312 g/mol. The summed E-state index contributed by atoms with van der Waals surface area (Å²) in [5.41, 5.74) is 6.77. The smallest absolute Gasteiger partial charge is 0.262 e. The van der Waals surface area contributed by atoms with Gasteiger partial charge in [0.05, 0.1) is 29.4 Å². The minimum Gasteiger partial charge on any atom is -0.497 e. The van der Waals surface area contributed by atoms with Crippen molar-refractivity contribution in [3.05, 3.63) is 51.9 Å². The molecule has 2 aromatic heterocycles. The standard InChI is InChI=1S/C16H12N4O4/c1-24-7-4-10-8(2-3-18-10)11(5-7)20-12(21)6-9-13(14(20)17)16(23)19-15(9)22/h2-6,18H,17H2,1H3,(H,19,22,23). The van der Waals surface area contributed by atoms with E-state index >= 15 is 0 Å². The van der Waals surface area contributed by atoms with Crippen molar-refractivity contribution in [3.8, 4) is 11.4 Å². The van der Waals surface area contributed by atoms with Gasteiger partial charge < -0.3 is 15.5 Å². The van der Waals surface area contributed by atoms with Crippen LogP contribution in [0.15, 0.2) is 35.3 Å². The fourth-order valence-corrected chi connectivity index (χ4v) is 2.95. The SMILES string of the molecule is COc1cc(-n2c(N)c3c(cc2=O)C(=O)NC3=O)c2cc[nH]c2c1. The van der Waals surface area contributed by atoms with E-state index in [2.05, 4.69) is 10.3 Å². The number of rotatable bonds is 2. The van der Waals surface area contributed by atoms with Gasteiger partial charge in [0.2, 0.25) is 0 Å². The van der Waals surface area contributed by atoms with Crippen molar-refractivity contribution in [2.45, 2.75) is 0 Å². The molecule has 4 N–H and O–H groups in total. The number of carbonyl (C=O) groups excluding carboxylic acids is 2. The van der Waals surface area contributed by atoms with E-state index in [0.717, 1.165) is 17.0 Å². The van der Waals surface area contributed by atoms with E-state index in [9.17, 15) is 14.4 Å². The molecule has 120 valence electrons. The molecule has 8 nitrogen and oxygen atoms in total. The second-order valence-corrected chi connectivity index (χ2v) is 5.36. The third kappa shape index (κ3) is 1.76. The van der Waals surface area contributed by atoms with Gasteiger partial charge in [-0.1, -0.05) is 0 Å². The van der Waals surface area contributed by atoms with Gasteiger partial charge in [-0.3, -0.25) is 24.3 Å². The Morgan fingerprint density at radius 2 is 1.92 bits per heavy atom. The summed E-state index contributed by atoms with van der Waals surface area (Å²) in [6.45, 7) is 0. The Morgan fingerprint density at radius 3 is 2.67 bits per heavy atom. The number of anilines is 1. The Kier molecular flexibility index (Phi) is 2.77. The van der Waals surface area contributed by atoms with Crippen molar-refractivity contribution in [2.24, 2.45) is 0 Å². The van der Waals surface area contributed by atoms with Crippen LogP contribution < -0.4 is 21.3 Å². The lowest BCUT2D eigenvalue weighted by Crippen LogP contribution is -2.24. The molecule has 8 heteroatoms. The number of nitrogen functional groups attached to an aromatic ring is 1. The van der Waals surface area contributed by atoms with Gasteiger partial charge in [0.25, 0.3) is 17.4 Å². The van der Waals surface area contributed by atoms with Crippen molar-refractivity contribution < 1.29 is 14.3 Å². The number of pyridine rings is 1. The van der Waals surface area contributed by atoms with Gasteiger partial charge in [0, 0.05) is 29.8 Å². The van der Waals surface area contributed by atoms with Crippen LogP contribution in [-0.2, 0) is 0 Å². The minimum absolute atomic E-state index is 0.00565. The maximum atomic E-state index is 12.6. The average molecular weight is 324 g/mol. The first-order valence-corrected chi connectivity index (χ1v) is 7.08. The molecule has 3 heterocycles. The zero-order valence-corrected chi connectivity index (χ0v) is 12.5. The third-order valence-electron chi connectivity index (χ3n) is 4.05. The number of aromatic amines is 1. The van der Waals surface area contributed by atoms with Crippen LogP contribution in [0.4, 0.5) is 5.82 Å².